The smallest absolute Gasteiger partial charge is 0.326 e. The largest absolute Gasteiger partial charge is 0.480 e. The Hall–Kier alpha value is -1.66. The number of ketones is 1. The minimum atomic E-state index is -1.20. The lowest BCUT2D eigenvalue weighted by Gasteiger charge is -2.17. The van der Waals surface area contributed by atoms with Crippen LogP contribution in [0.4, 0.5) is 0 Å². The van der Waals surface area contributed by atoms with E-state index in [1.807, 2.05) is 6.92 Å². The fraction of sp³-hybridized carbons (Fsp3) is 0.636. The Balaban J connectivity index is 4.50. The summed E-state index contributed by atoms with van der Waals surface area (Å²) in [5.74, 6) is -2.05. The number of thioether (sulfide) groups is 1. The molecule has 19 heavy (non-hydrogen) atoms. The second kappa shape index (κ2) is 9.29. The Kier molecular flexibility index (Phi) is 8.48. The van der Waals surface area contributed by atoms with E-state index in [1.54, 1.807) is 6.26 Å². The minimum Gasteiger partial charge on any atom is -0.480 e. The molecule has 1 amide bonds. The second-order valence-electron chi connectivity index (χ2n) is 3.78. The first-order chi connectivity index (χ1) is 8.96. The molecule has 2 atom stereocenters. The van der Waals surface area contributed by atoms with Gasteiger partial charge in [0.05, 0.1) is 5.25 Å². The first kappa shape index (κ1) is 17.3. The maximum absolute atomic E-state index is 11.7. The number of rotatable bonds is 9. The van der Waals surface area contributed by atoms with Crippen molar-refractivity contribution >= 4 is 35.6 Å². The molecule has 0 aromatic rings. The van der Waals surface area contributed by atoms with Gasteiger partial charge in [-0.3, -0.25) is 9.59 Å². The van der Waals surface area contributed by atoms with Crippen molar-refractivity contribution in [3.63, 3.8) is 0 Å². The second-order valence-corrected chi connectivity index (χ2v) is 4.82. The molecular formula is C11H17N3O4S. The van der Waals surface area contributed by atoms with Gasteiger partial charge in [-0.05, 0) is 19.1 Å². The lowest BCUT2D eigenvalue weighted by Crippen LogP contribution is -2.44. The van der Waals surface area contributed by atoms with Crippen molar-refractivity contribution in [1.29, 1.82) is 0 Å². The number of nitrogens with zero attached hydrogens (tertiary/aromatic N) is 2. The Morgan fingerprint density at radius 3 is 2.53 bits per heavy atom. The van der Waals surface area contributed by atoms with Crippen LogP contribution in [0.25, 0.3) is 5.53 Å². The van der Waals surface area contributed by atoms with E-state index in [4.69, 9.17) is 10.6 Å². The quantitative estimate of drug-likeness (QED) is 0.360. The summed E-state index contributed by atoms with van der Waals surface area (Å²) < 4.78 is 0. The van der Waals surface area contributed by atoms with E-state index < -0.39 is 17.8 Å². The van der Waals surface area contributed by atoms with Crippen molar-refractivity contribution in [3.05, 3.63) is 5.53 Å². The maximum atomic E-state index is 11.7. The topological polar surface area (TPSA) is 120 Å². The van der Waals surface area contributed by atoms with Gasteiger partial charge in [0, 0.05) is 6.42 Å². The monoisotopic (exact) mass is 287 g/mol. The first-order valence-electron chi connectivity index (χ1n) is 5.72. The van der Waals surface area contributed by atoms with E-state index in [9.17, 15) is 14.4 Å². The summed E-state index contributed by atoms with van der Waals surface area (Å²) in [6.07, 6.45) is 2.91. The van der Waals surface area contributed by atoms with Crippen LogP contribution in [0.5, 0.6) is 0 Å². The van der Waals surface area contributed by atoms with Crippen molar-refractivity contribution in [2.45, 2.75) is 37.5 Å². The molecule has 0 heterocycles. The van der Waals surface area contributed by atoms with Gasteiger partial charge < -0.3 is 16.0 Å². The molecule has 0 aliphatic heterocycles. The van der Waals surface area contributed by atoms with E-state index in [1.165, 1.54) is 11.8 Å². The van der Waals surface area contributed by atoms with Gasteiger partial charge >= 0.3 is 12.2 Å². The number of carbonyl (C=O) groups excluding carboxylic acids is 2. The van der Waals surface area contributed by atoms with Crippen LogP contribution in [-0.2, 0) is 14.4 Å². The molecule has 0 aromatic heterocycles. The SMILES string of the molecule is CC[C@H](SC)C(=O)N[C@@H](CCC(=O)C=[N+]=[N-])C(=O)O. The molecular weight excluding hydrogens is 270 g/mol. The number of amides is 1. The summed E-state index contributed by atoms with van der Waals surface area (Å²) in [6.45, 7) is 1.83. The molecule has 0 saturated heterocycles. The van der Waals surface area contributed by atoms with Crippen molar-refractivity contribution < 1.29 is 24.3 Å². The van der Waals surface area contributed by atoms with E-state index in [0.717, 1.165) is 0 Å². The van der Waals surface area contributed by atoms with Gasteiger partial charge in [-0.2, -0.15) is 16.6 Å². The molecule has 0 aliphatic rings. The third kappa shape index (κ3) is 6.73. The lowest BCUT2D eigenvalue weighted by atomic mass is 10.1. The van der Waals surface area contributed by atoms with Crippen LogP contribution >= 0.6 is 11.8 Å². The Bertz CT molecular complexity index is 389. The van der Waals surface area contributed by atoms with E-state index in [2.05, 4.69) is 10.1 Å². The molecule has 0 aromatic carbocycles. The van der Waals surface area contributed by atoms with Crippen LogP contribution in [0.3, 0.4) is 0 Å². The third-order valence-corrected chi connectivity index (χ3v) is 3.56. The van der Waals surface area contributed by atoms with Gasteiger partial charge in [0.25, 0.3) is 0 Å². The molecule has 0 aliphatic carbocycles. The highest BCUT2D eigenvalue weighted by atomic mass is 32.2. The zero-order valence-electron chi connectivity index (χ0n) is 10.8. The Morgan fingerprint density at radius 1 is 1.47 bits per heavy atom. The molecule has 2 N–H and O–H groups in total. The number of carboxylic acids is 1. The predicted molar refractivity (Wildman–Crippen MR) is 71.1 cm³/mol. The van der Waals surface area contributed by atoms with Crippen LogP contribution in [0.15, 0.2) is 0 Å². The van der Waals surface area contributed by atoms with Crippen molar-refractivity contribution in [2.24, 2.45) is 0 Å². The lowest BCUT2D eigenvalue weighted by molar-refractivity contribution is -0.142. The van der Waals surface area contributed by atoms with Gasteiger partial charge in [0.1, 0.15) is 6.04 Å². The minimum absolute atomic E-state index is 0.0449. The summed E-state index contributed by atoms with van der Waals surface area (Å²) >= 11 is 1.34. The van der Waals surface area contributed by atoms with Gasteiger partial charge in [-0.25, -0.2) is 4.79 Å². The zero-order chi connectivity index (χ0) is 14.8. The van der Waals surface area contributed by atoms with Crippen LogP contribution in [-0.4, -0.2) is 51.3 Å². The molecule has 106 valence electrons. The van der Waals surface area contributed by atoms with Crippen LogP contribution in [0.1, 0.15) is 26.2 Å². The summed E-state index contributed by atoms with van der Waals surface area (Å²) in [7, 11) is 0. The molecule has 0 spiro atoms. The average molecular weight is 287 g/mol. The van der Waals surface area contributed by atoms with Crippen LogP contribution in [0, 0.1) is 0 Å². The standard InChI is InChI=1S/C11H17N3O4S/c1-3-9(19-2)10(16)14-8(11(17)18)5-4-7(15)6-13-12/h6,8-9H,3-5H2,1-2H3,(H,14,16)(H,17,18)/t8-,9-/m0/s1. The van der Waals surface area contributed by atoms with Crippen molar-refractivity contribution in [2.75, 3.05) is 6.26 Å². The molecule has 7 nitrogen and oxygen atoms in total. The number of carbonyl (C=O) groups is 3. The average Bonchev–Trinajstić information content (AvgIpc) is 2.35. The Morgan fingerprint density at radius 2 is 2.11 bits per heavy atom. The number of carboxylic acid groups (broad SMARTS) is 1. The summed E-state index contributed by atoms with van der Waals surface area (Å²) in [6, 6.07) is -1.12. The summed E-state index contributed by atoms with van der Waals surface area (Å²) in [4.78, 5) is 36.4. The number of Topliss-reactive ketones (excluding diaryl/α,β-unsaturated/α-hetero) is 1. The summed E-state index contributed by atoms with van der Waals surface area (Å²) in [5.41, 5.74) is 8.15. The Labute approximate surface area is 115 Å². The summed E-state index contributed by atoms with van der Waals surface area (Å²) in [5, 5.41) is 11.1. The van der Waals surface area contributed by atoms with Gasteiger partial charge in [0.2, 0.25) is 11.7 Å². The molecule has 0 radical (unpaired) electrons. The van der Waals surface area contributed by atoms with Gasteiger partial charge in [-0.1, -0.05) is 6.92 Å². The zero-order valence-corrected chi connectivity index (χ0v) is 11.6. The van der Waals surface area contributed by atoms with E-state index in [-0.39, 0.29) is 24.0 Å². The number of hydrogen-bond donors (Lipinski definition) is 2. The van der Waals surface area contributed by atoms with E-state index in [0.29, 0.717) is 12.6 Å². The number of nitrogens with one attached hydrogen (secondary N) is 1. The van der Waals surface area contributed by atoms with Crippen LogP contribution < -0.4 is 5.32 Å². The molecule has 0 bridgehead atoms. The molecule has 0 rings (SSSR count). The molecule has 0 saturated carbocycles. The number of hydrogen-bond acceptors (Lipinski definition) is 4. The van der Waals surface area contributed by atoms with E-state index >= 15 is 0 Å². The highest BCUT2D eigenvalue weighted by Crippen LogP contribution is 2.11. The predicted octanol–water partition coefficient (Wildman–Crippen LogP) is 0.347. The maximum Gasteiger partial charge on any atom is 0.326 e. The first-order valence-corrected chi connectivity index (χ1v) is 7.01. The molecule has 0 unspecified atom stereocenters. The fourth-order valence-electron chi connectivity index (χ4n) is 1.40. The number of aliphatic carboxylic acids is 1. The highest BCUT2D eigenvalue weighted by Gasteiger charge is 2.24. The molecule has 0 fully saturated rings. The normalized spacial score (nSPS) is 12.9. The van der Waals surface area contributed by atoms with Crippen molar-refractivity contribution in [1.82, 2.24) is 5.32 Å². The fourth-order valence-corrected chi connectivity index (χ4v) is 2.01. The van der Waals surface area contributed by atoms with Crippen molar-refractivity contribution in [3.8, 4) is 0 Å². The van der Waals surface area contributed by atoms with Crippen LogP contribution in [0.2, 0.25) is 0 Å². The van der Waals surface area contributed by atoms with Gasteiger partial charge in [-0.15, -0.1) is 0 Å². The molecule has 8 heteroatoms. The highest BCUT2D eigenvalue weighted by molar-refractivity contribution is 7.99. The third-order valence-electron chi connectivity index (χ3n) is 2.44. The van der Waals surface area contributed by atoms with Gasteiger partial charge in [0.15, 0.2) is 0 Å².